The predicted molar refractivity (Wildman–Crippen MR) is 83.2 cm³/mol. The summed E-state index contributed by atoms with van der Waals surface area (Å²) in [6.07, 6.45) is 1.71. The van der Waals surface area contributed by atoms with E-state index in [2.05, 4.69) is 35.8 Å². The van der Waals surface area contributed by atoms with Crippen molar-refractivity contribution in [3.8, 4) is 0 Å². The van der Waals surface area contributed by atoms with Crippen molar-refractivity contribution in [3.63, 3.8) is 0 Å². The van der Waals surface area contributed by atoms with Crippen molar-refractivity contribution in [2.75, 3.05) is 11.9 Å². The second-order valence-corrected chi connectivity index (χ2v) is 6.12. The van der Waals surface area contributed by atoms with E-state index in [9.17, 15) is 0 Å². The minimum Gasteiger partial charge on any atom is -0.396 e. The molecule has 0 bridgehead atoms. The number of benzene rings is 1. The van der Waals surface area contributed by atoms with E-state index in [0.29, 0.717) is 0 Å². The van der Waals surface area contributed by atoms with E-state index >= 15 is 0 Å². The molecule has 0 saturated heterocycles. The van der Waals surface area contributed by atoms with Crippen LogP contribution in [0.1, 0.15) is 30.5 Å². The van der Waals surface area contributed by atoms with Gasteiger partial charge in [-0.2, -0.15) is 0 Å². The molecule has 0 aliphatic carbocycles. The zero-order valence-electron chi connectivity index (χ0n) is 10.9. The van der Waals surface area contributed by atoms with Crippen LogP contribution in [0.4, 0.5) is 5.69 Å². The van der Waals surface area contributed by atoms with Crippen LogP contribution in [0.25, 0.3) is 0 Å². The Balaban J connectivity index is 2.02. The molecule has 0 amide bonds. The van der Waals surface area contributed by atoms with Gasteiger partial charge in [-0.1, -0.05) is 23.7 Å². The lowest BCUT2D eigenvalue weighted by Gasteiger charge is -2.15. The number of hydrogen-bond acceptors (Lipinski definition) is 3. The van der Waals surface area contributed by atoms with Crippen molar-refractivity contribution >= 4 is 28.6 Å². The van der Waals surface area contributed by atoms with Crippen LogP contribution in [0.15, 0.2) is 35.7 Å². The Labute approximate surface area is 123 Å². The quantitative estimate of drug-likeness (QED) is 0.822. The third-order valence-corrected chi connectivity index (χ3v) is 4.13. The van der Waals surface area contributed by atoms with Crippen molar-refractivity contribution < 1.29 is 5.11 Å². The predicted octanol–water partition coefficient (Wildman–Crippen LogP) is 4.50. The fraction of sp³-hybridized carbons (Fsp3) is 0.333. The number of nitrogens with one attached hydrogen (secondary N) is 1. The molecule has 0 fully saturated rings. The van der Waals surface area contributed by atoms with Gasteiger partial charge in [-0.15, -0.1) is 11.3 Å². The van der Waals surface area contributed by atoms with E-state index < -0.39 is 0 Å². The second-order valence-electron chi connectivity index (χ2n) is 4.58. The van der Waals surface area contributed by atoms with Gasteiger partial charge in [0.1, 0.15) is 0 Å². The van der Waals surface area contributed by atoms with E-state index in [1.54, 1.807) is 11.3 Å². The van der Waals surface area contributed by atoms with Crippen LogP contribution < -0.4 is 5.32 Å². The Morgan fingerprint density at radius 1 is 1.37 bits per heavy atom. The van der Waals surface area contributed by atoms with Gasteiger partial charge in [-0.25, -0.2) is 0 Å². The van der Waals surface area contributed by atoms with Crippen LogP contribution in [0.2, 0.25) is 4.34 Å². The fourth-order valence-corrected chi connectivity index (χ4v) is 2.97. The highest BCUT2D eigenvalue weighted by Gasteiger charge is 2.07. The summed E-state index contributed by atoms with van der Waals surface area (Å²) in [5, 5.41) is 14.4. The van der Waals surface area contributed by atoms with Gasteiger partial charge in [-0.3, -0.25) is 0 Å². The van der Waals surface area contributed by atoms with Crippen molar-refractivity contribution in [1.29, 1.82) is 0 Å². The fourth-order valence-electron chi connectivity index (χ4n) is 1.98. The first-order chi connectivity index (χ1) is 9.19. The summed E-state index contributed by atoms with van der Waals surface area (Å²) in [5.74, 6) is 0. The summed E-state index contributed by atoms with van der Waals surface area (Å²) in [5.41, 5.74) is 3.55. The van der Waals surface area contributed by atoms with Crippen LogP contribution in [0, 0.1) is 0 Å². The molecule has 4 heteroatoms. The molecule has 1 aromatic carbocycles. The van der Waals surface area contributed by atoms with Crippen LogP contribution in [0.5, 0.6) is 0 Å². The third-order valence-electron chi connectivity index (χ3n) is 3.02. The number of halogens is 1. The first-order valence-corrected chi connectivity index (χ1v) is 7.65. The maximum absolute atomic E-state index is 8.87. The molecule has 2 rings (SSSR count). The topological polar surface area (TPSA) is 32.3 Å². The summed E-state index contributed by atoms with van der Waals surface area (Å²) in [6.45, 7) is 2.36. The number of aliphatic hydroxyl groups is 1. The molecule has 0 spiro atoms. The Morgan fingerprint density at radius 2 is 2.21 bits per heavy atom. The molecular weight excluding hydrogens is 278 g/mol. The molecule has 1 unspecified atom stereocenters. The third kappa shape index (κ3) is 4.23. The average Bonchev–Trinajstić information content (AvgIpc) is 2.83. The summed E-state index contributed by atoms with van der Waals surface area (Å²) in [7, 11) is 0. The van der Waals surface area contributed by atoms with Gasteiger partial charge in [0.2, 0.25) is 0 Å². The van der Waals surface area contributed by atoms with Crippen molar-refractivity contribution in [3.05, 3.63) is 51.2 Å². The lowest BCUT2D eigenvalue weighted by molar-refractivity contribution is 0.288. The van der Waals surface area contributed by atoms with Gasteiger partial charge in [0.15, 0.2) is 0 Å². The van der Waals surface area contributed by atoms with Crippen LogP contribution in [-0.4, -0.2) is 11.7 Å². The maximum atomic E-state index is 8.87. The molecule has 0 aliphatic rings. The summed E-state index contributed by atoms with van der Waals surface area (Å²) < 4.78 is 0.820. The van der Waals surface area contributed by atoms with Crippen molar-refractivity contribution in [2.24, 2.45) is 0 Å². The smallest absolute Gasteiger partial charge is 0.0931 e. The molecule has 2 aromatic rings. The molecule has 1 heterocycles. The molecule has 2 nitrogen and oxygen atoms in total. The molecule has 2 N–H and O–H groups in total. The largest absolute Gasteiger partial charge is 0.396 e. The maximum Gasteiger partial charge on any atom is 0.0931 e. The SMILES string of the molecule is CC(Nc1cccc(CCCO)c1)c1csc(Cl)c1. The normalized spacial score (nSPS) is 12.4. The second kappa shape index (κ2) is 6.94. The van der Waals surface area contributed by atoms with Gasteiger partial charge in [0, 0.05) is 18.3 Å². The highest BCUT2D eigenvalue weighted by Crippen LogP contribution is 2.27. The number of aliphatic hydroxyl groups excluding tert-OH is 1. The Hall–Kier alpha value is -1.03. The van der Waals surface area contributed by atoms with Crippen molar-refractivity contribution in [1.82, 2.24) is 0 Å². The monoisotopic (exact) mass is 295 g/mol. The Kier molecular flexibility index (Phi) is 5.25. The molecule has 19 heavy (non-hydrogen) atoms. The zero-order valence-corrected chi connectivity index (χ0v) is 12.5. The molecule has 0 aliphatic heterocycles. The molecule has 0 radical (unpaired) electrons. The standard InChI is InChI=1S/C15H18ClNOS/c1-11(13-9-15(16)19-10-13)17-14-6-2-4-12(8-14)5-3-7-18/h2,4,6,8-11,17-18H,3,5,7H2,1H3. The first kappa shape index (κ1) is 14.4. The molecule has 1 atom stereocenters. The molecule has 0 saturated carbocycles. The number of thiophene rings is 1. The average molecular weight is 296 g/mol. The zero-order chi connectivity index (χ0) is 13.7. The number of hydrogen-bond donors (Lipinski definition) is 2. The summed E-state index contributed by atoms with van der Waals surface area (Å²) in [4.78, 5) is 0. The van der Waals surface area contributed by atoms with Gasteiger partial charge in [-0.05, 0) is 54.5 Å². The van der Waals surface area contributed by atoms with Gasteiger partial charge in [0.05, 0.1) is 4.34 Å². The van der Waals surface area contributed by atoms with Gasteiger partial charge in [0.25, 0.3) is 0 Å². The summed E-state index contributed by atoms with van der Waals surface area (Å²) >= 11 is 7.51. The van der Waals surface area contributed by atoms with Crippen LogP contribution >= 0.6 is 22.9 Å². The Morgan fingerprint density at radius 3 is 2.89 bits per heavy atom. The number of rotatable bonds is 6. The minimum atomic E-state index is 0.233. The lowest BCUT2D eigenvalue weighted by atomic mass is 10.1. The Bertz CT molecular complexity index is 526. The molecule has 102 valence electrons. The van der Waals surface area contributed by atoms with E-state index in [1.165, 1.54) is 11.1 Å². The van der Waals surface area contributed by atoms with Gasteiger partial charge < -0.3 is 10.4 Å². The van der Waals surface area contributed by atoms with E-state index in [-0.39, 0.29) is 12.6 Å². The lowest BCUT2D eigenvalue weighted by Crippen LogP contribution is -2.05. The van der Waals surface area contributed by atoms with E-state index in [0.717, 1.165) is 22.9 Å². The highest BCUT2D eigenvalue weighted by molar-refractivity contribution is 7.14. The minimum absolute atomic E-state index is 0.233. The number of anilines is 1. The number of aryl methyl sites for hydroxylation is 1. The van der Waals surface area contributed by atoms with E-state index in [1.807, 2.05) is 12.1 Å². The summed E-state index contributed by atoms with van der Waals surface area (Å²) in [6, 6.07) is 10.6. The van der Waals surface area contributed by atoms with Crippen molar-refractivity contribution in [2.45, 2.75) is 25.8 Å². The van der Waals surface area contributed by atoms with E-state index in [4.69, 9.17) is 16.7 Å². The van der Waals surface area contributed by atoms with Gasteiger partial charge >= 0.3 is 0 Å². The van der Waals surface area contributed by atoms with Crippen LogP contribution in [0.3, 0.4) is 0 Å². The molecule has 1 aromatic heterocycles. The van der Waals surface area contributed by atoms with Crippen LogP contribution in [-0.2, 0) is 6.42 Å². The first-order valence-electron chi connectivity index (χ1n) is 6.39. The molecular formula is C15H18ClNOS. The highest BCUT2D eigenvalue weighted by atomic mass is 35.5.